The quantitative estimate of drug-likeness (QED) is 0.296. The van der Waals surface area contributed by atoms with Gasteiger partial charge in [0.2, 0.25) is 10.0 Å². The number of benzene rings is 3. The van der Waals surface area contributed by atoms with Crippen molar-refractivity contribution < 1.29 is 17.9 Å². The highest BCUT2D eigenvalue weighted by Crippen LogP contribution is 2.29. The molecule has 1 unspecified atom stereocenters. The van der Waals surface area contributed by atoms with Crippen molar-refractivity contribution in [3.63, 3.8) is 0 Å². The van der Waals surface area contributed by atoms with Gasteiger partial charge in [-0.1, -0.05) is 24.6 Å². The van der Waals surface area contributed by atoms with Gasteiger partial charge < -0.3 is 4.74 Å². The monoisotopic (exact) mass is 533 g/mol. The fourth-order valence-corrected chi connectivity index (χ4v) is 6.71. The van der Waals surface area contributed by atoms with Crippen molar-refractivity contribution in [3.8, 4) is 22.8 Å². The zero-order chi connectivity index (χ0) is 25.8. The molecule has 1 atom stereocenters. The van der Waals surface area contributed by atoms with Crippen LogP contribution in [0.2, 0.25) is 0 Å². The minimum absolute atomic E-state index is 0.0200. The molecule has 1 fully saturated rings. The second-order valence-corrected chi connectivity index (χ2v) is 11.7. The Balaban J connectivity index is 1.23. The average molecular weight is 534 g/mol. The molecule has 0 spiro atoms. The van der Waals surface area contributed by atoms with Crippen LogP contribution in [-0.2, 0) is 10.0 Å². The molecule has 1 aromatic heterocycles. The lowest BCUT2D eigenvalue weighted by atomic mass is 10.1. The molecule has 1 aliphatic rings. The zero-order valence-electron chi connectivity index (χ0n) is 20.3. The van der Waals surface area contributed by atoms with Crippen molar-refractivity contribution in [2.45, 2.75) is 37.1 Å². The van der Waals surface area contributed by atoms with Gasteiger partial charge in [-0.2, -0.15) is 4.31 Å². The van der Waals surface area contributed by atoms with E-state index in [0.717, 1.165) is 42.0 Å². The van der Waals surface area contributed by atoms with E-state index in [1.807, 2.05) is 66.9 Å². The number of thiazole rings is 1. The molecule has 5 rings (SSSR count). The Labute approximate surface area is 220 Å². The first-order chi connectivity index (χ1) is 17.9. The summed E-state index contributed by atoms with van der Waals surface area (Å²) in [5, 5.41) is 5.14. The Morgan fingerprint density at radius 1 is 0.973 bits per heavy atom. The summed E-state index contributed by atoms with van der Waals surface area (Å²) in [4.78, 5) is 17.5. The number of anilines is 1. The topological polar surface area (TPSA) is 88.6 Å². The highest BCUT2D eigenvalue weighted by Gasteiger charge is 2.31. The number of hydrogen-bond acceptors (Lipinski definition) is 6. The highest BCUT2D eigenvalue weighted by molar-refractivity contribution is 7.89. The standard InChI is InChI=1S/C28H27N3O4S2/c1-20-7-5-6-18-31(20)37(33,34)25-16-12-22(13-17-25)27(32)30-28-29-26(19-36-28)21-10-14-24(15-11-21)35-23-8-3-2-4-9-23/h2-4,8-17,19-20H,5-7,18H2,1H3,(H,29,30,32). The lowest BCUT2D eigenvalue weighted by molar-refractivity contribution is 0.102. The molecule has 190 valence electrons. The molecular weight excluding hydrogens is 506 g/mol. The van der Waals surface area contributed by atoms with Gasteiger partial charge in [-0.3, -0.25) is 10.1 Å². The molecule has 1 amide bonds. The maximum atomic E-state index is 13.0. The molecule has 0 bridgehead atoms. The van der Waals surface area contributed by atoms with E-state index >= 15 is 0 Å². The van der Waals surface area contributed by atoms with Crippen molar-refractivity contribution >= 4 is 32.4 Å². The van der Waals surface area contributed by atoms with Crippen molar-refractivity contribution in [1.82, 2.24) is 9.29 Å². The Kier molecular flexibility index (Phi) is 7.36. The van der Waals surface area contributed by atoms with Gasteiger partial charge in [-0.05, 0) is 80.4 Å². The van der Waals surface area contributed by atoms with Crippen LogP contribution in [0, 0.1) is 0 Å². The number of amides is 1. The van der Waals surface area contributed by atoms with E-state index in [2.05, 4.69) is 10.3 Å². The van der Waals surface area contributed by atoms with E-state index in [1.165, 1.54) is 35.6 Å². The van der Waals surface area contributed by atoms with Gasteiger partial charge in [-0.25, -0.2) is 13.4 Å². The van der Waals surface area contributed by atoms with Crippen molar-refractivity contribution in [3.05, 3.63) is 89.8 Å². The van der Waals surface area contributed by atoms with Gasteiger partial charge in [0.25, 0.3) is 5.91 Å². The molecule has 37 heavy (non-hydrogen) atoms. The maximum absolute atomic E-state index is 13.0. The largest absolute Gasteiger partial charge is 0.457 e. The summed E-state index contributed by atoms with van der Waals surface area (Å²) in [6, 6.07) is 23.2. The number of aromatic nitrogens is 1. The van der Waals surface area contributed by atoms with Gasteiger partial charge in [0.05, 0.1) is 10.6 Å². The number of carbonyl (C=O) groups is 1. The summed E-state index contributed by atoms with van der Waals surface area (Å²) in [6.45, 7) is 2.47. The molecule has 1 saturated heterocycles. The summed E-state index contributed by atoms with van der Waals surface area (Å²) in [5.74, 6) is 1.14. The first kappa shape index (κ1) is 25.1. The molecule has 1 N–H and O–H groups in total. The fraction of sp³-hybridized carbons (Fsp3) is 0.214. The molecule has 4 aromatic rings. The first-order valence-electron chi connectivity index (χ1n) is 12.1. The number of carbonyl (C=O) groups excluding carboxylic acids is 1. The predicted molar refractivity (Wildman–Crippen MR) is 146 cm³/mol. The zero-order valence-corrected chi connectivity index (χ0v) is 22.0. The Bertz CT molecular complexity index is 1470. The van der Waals surface area contributed by atoms with Gasteiger partial charge >= 0.3 is 0 Å². The predicted octanol–water partition coefficient (Wildman–Crippen LogP) is 6.42. The molecule has 3 aromatic carbocycles. The highest BCUT2D eigenvalue weighted by atomic mass is 32.2. The van der Waals surface area contributed by atoms with E-state index < -0.39 is 10.0 Å². The first-order valence-corrected chi connectivity index (χ1v) is 14.4. The van der Waals surface area contributed by atoms with Crippen molar-refractivity contribution in [1.29, 1.82) is 0 Å². The van der Waals surface area contributed by atoms with E-state index in [4.69, 9.17) is 4.74 Å². The molecule has 0 saturated carbocycles. The number of ether oxygens (including phenoxy) is 1. The van der Waals surface area contributed by atoms with Crippen molar-refractivity contribution in [2.24, 2.45) is 0 Å². The number of nitrogens with one attached hydrogen (secondary N) is 1. The summed E-state index contributed by atoms with van der Waals surface area (Å²) >= 11 is 1.32. The van der Waals surface area contributed by atoms with E-state index in [1.54, 1.807) is 4.31 Å². The van der Waals surface area contributed by atoms with E-state index in [9.17, 15) is 13.2 Å². The average Bonchev–Trinajstić information content (AvgIpc) is 3.38. The molecule has 2 heterocycles. The molecule has 1 aliphatic heterocycles. The lowest BCUT2D eigenvalue weighted by Gasteiger charge is -2.32. The van der Waals surface area contributed by atoms with Gasteiger partial charge in [0.15, 0.2) is 5.13 Å². The van der Waals surface area contributed by atoms with E-state index in [-0.39, 0.29) is 16.8 Å². The maximum Gasteiger partial charge on any atom is 0.257 e. The fourth-order valence-electron chi connectivity index (χ4n) is 4.29. The van der Waals surface area contributed by atoms with Crippen LogP contribution in [0.5, 0.6) is 11.5 Å². The molecule has 9 heteroatoms. The van der Waals surface area contributed by atoms with Crippen LogP contribution in [0.15, 0.2) is 89.1 Å². The third kappa shape index (κ3) is 5.74. The summed E-state index contributed by atoms with van der Waals surface area (Å²) < 4.78 is 33.4. The SMILES string of the molecule is CC1CCCCN1S(=O)(=O)c1ccc(C(=O)Nc2nc(-c3ccc(Oc4ccccc4)cc3)cs2)cc1. The normalized spacial score (nSPS) is 16.3. The summed E-state index contributed by atoms with van der Waals surface area (Å²) in [5.41, 5.74) is 2.01. The molecule has 0 radical (unpaired) electrons. The Morgan fingerprint density at radius 3 is 2.38 bits per heavy atom. The van der Waals surface area contributed by atoms with Crippen LogP contribution in [-0.4, -0.2) is 36.2 Å². The number of para-hydroxylation sites is 1. The number of nitrogens with zero attached hydrogens (tertiary/aromatic N) is 2. The van der Waals surface area contributed by atoms with Crippen LogP contribution in [0.3, 0.4) is 0 Å². The molecule has 0 aliphatic carbocycles. The molecule has 7 nitrogen and oxygen atoms in total. The van der Waals surface area contributed by atoms with E-state index in [0.29, 0.717) is 17.2 Å². The van der Waals surface area contributed by atoms with Crippen LogP contribution < -0.4 is 10.1 Å². The second kappa shape index (κ2) is 10.8. The van der Waals surface area contributed by atoms with Gasteiger partial charge in [-0.15, -0.1) is 11.3 Å². The lowest BCUT2D eigenvalue weighted by Crippen LogP contribution is -2.41. The number of sulfonamides is 1. The minimum Gasteiger partial charge on any atom is -0.457 e. The molecular formula is C28H27N3O4S2. The number of rotatable bonds is 7. The van der Waals surface area contributed by atoms with Crippen LogP contribution in [0.25, 0.3) is 11.3 Å². The number of piperidine rings is 1. The Morgan fingerprint density at radius 2 is 1.68 bits per heavy atom. The van der Waals surface area contributed by atoms with Crippen molar-refractivity contribution in [2.75, 3.05) is 11.9 Å². The minimum atomic E-state index is -3.58. The van der Waals surface area contributed by atoms with Gasteiger partial charge in [0.1, 0.15) is 11.5 Å². The smallest absolute Gasteiger partial charge is 0.257 e. The van der Waals surface area contributed by atoms with Crippen LogP contribution in [0.4, 0.5) is 5.13 Å². The third-order valence-corrected chi connectivity index (χ3v) is 9.10. The van der Waals surface area contributed by atoms with Gasteiger partial charge in [0, 0.05) is 29.1 Å². The number of hydrogen-bond donors (Lipinski definition) is 1. The summed E-state index contributed by atoms with van der Waals surface area (Å²) in [7, 11) is -3.58. The van der Waals surface area contributed by atoms with Crippen LogP contribution in [0.1, 0.15) is 36.5 Å². The summed E-state index contributed by atoms with van der Waals surface area (Å²) in [6.07, 6.45) is 2.77. The van der Waals surface area contributed by atoms with Crippen LogP contribution >= 0.6 is 11.3 Å². The third-order valence-electron chi connectivity index (χ3n) is 6.32. The second-order valence-electron chi connectivity index (χ2n) is 8.92. The Hall–Kier alpha value is -3.53.